The number of nitrogens with one attached hydrogen (secondary N) is 1. The van der Waals surface area contributed by atoms with Crippen molar-refractivity contribution in [3.63, 3.8) is 0 Å². The van der Waals surface area contributed by atoms with E-state index in [-0.39, 0.29) is 5.91 Å². The van der Waals surface area contributed by atoms with Crippen LogP contribution in [0.2, 0.25) is 0 Å². The van der Waals surface area contributed by atoms with Crippen molar-refractivity contribution in [3.8, 4) is 5.75 Å². The molecule has 27 heavy (non-hydrogen) atoms. The highest BCUT2D eigenvalue weighted by atomic mass is 16.5. The van der Waals surface area contributed by atoms with Gasteiger partial charge in [0, 0.05) is 5.56 Å². The maximum absolute atomic E-state index is 12.0. The third-order valence-electron chi connectivity index (χ3n) is 4.03. The van der Waals surface area contributed by atoms with Crippen LogP contribution < -0.4 is 10.2 Å². The van der Waals surface area contributed by atoms with Crippen molar-refractivity contribution in [2.45, 2.75) is 20.0 Å². The largest absolute Gasteiger partial charge is 0.488 e. The molecule has 4 nitrogen and oxygen atoms in total. The molecule has 4 heteroatoms. The Morgan fingerprint density at radius 3 is 2.41 bits per heavy atom. The molecule has 0 fully saturated rings. The fraction of sp³-hybridized carbons (Fsp3) is 0.130. The number of rotatable bonds is 7. The predicted octanol–water partition coefficient (Wildman–Crippen LogP) is 4.27. The molecule has 3 rings (SSSR count). The fourth-order valence-electron chi connectivity index (χ4n) is 2.56. The van der Waals surface area contributed by atoms with Gasteiger partial charge in [-0.15, -0.1) is 0 Å². The van der Waals surface area contributed by atoms with Crippen molar-refractivity contribution in [3.05, 3.63) is 101 Å². The van der Waals surface area contributed by atoms with E-state index in [4.69, 9.17) is 4.74 Å². The van der Waals surface area contributed by atoms with Crippen LogP contribution in [0.3, 0.4) is 0 Å². The van der Waals surface area contributed by atoms with Crippen LogP contribution in [0, 0.1) is 6.92 Å². The van der Waals surface area contributed by atoms with Crippen LogP contribution >= 0.6 is 0 Å². The summed E-state index contributed by atoms with van der Waals surface area (Å²) in [6.45, 7) is 2.54. The minimum Gasteiger partial charge on any atom is -0.488 e. The number of benzene rings is 3. The van der Waals surface area contributed by atoms with Gasteiger partial charge in [-0.2, -0.15) is 5.10 Å². The zero-order valence-corrected chi connectivity index (χ0v) is 15.3. The van der Waals surface area contributed by atoms with Crippen molar-refractivity contribution in [2.24, 2.45) is 5.10 Å². The number of hydrogen-bond donors (Lipinski definition) is 1. The van der Waals surface area contributed by atoms with Gasteiger partial charge in [-0.3, -0.25) is 4.79 Å². The first-order chi connectivity index (χ1) is 13.2. The number of para-hydroxylation sites is 1. The van der Waals surface area contributed by atoms with Gasteiger partial charge in [0.05, 0.1) is 12.6 Å². The highest BCUT2D eigenvalue weighted by Gasteiger charge is 2.03. The molecule has 0 atom stereocenters. The summed E-state index contributed by atoms with van der Waals surface area (Å²) in [5.41, 5.74) is 6.64. The van der Waals surface area contributed by atoms with Gasteiger partial charge in [0.15, 0.2) is 0 Å². The van der Waals surface area contributed by atoms with Gasteiger partial charge in [-0.05, 0) is 30.2 Å². The average molecular weight is 358 g/mol. The van der Waals surface area contributed by atoms with Gasteiger partial charge in [0.2, 0.25) is 5.91 Å². The Hall–Kier alpha value is -3.40. The molecule has 1 N–H and O–H groups in total. The van der Waals surface area contributed by atoms with E-state index in [2.05, 4.69) is 41.7 Å². The van der Waals surface area contributed by atoms with Crippen LogP contribution in [0.1, 0.15) is 22.3 Å². The van der Waals surface area contributed by atoms with Crippen LogP contribution in [0.15, 0.2) is 84.0 Å². The molecule has 0 saturated carbocycles. The number of carbonyl (C=O) groups excluding carboxylic acids is 1. The van der Waals surface area contributed by atoms with Crippen molar-refractivity contribution in [1.82, 2.24) is 5.43 Å². The summed E-state index contributed by atoms with van der Waals surface area (Å²) in [7, 11) is 0. The van der Waals surface area contributed by atoms with E-state index >= 15 is 0 Å². The molecule has 136 valence electrons. The fourth-order valence-corrected chi connectivity index (χ4v) is 2.56. The zero-order chi connectivity index (χ0) is 18.9. The molecule has 0 aliphatic carbocycles. The van der Waals surface area contributed by atoms with Gasteiger partial charge in [-0.1, -0.05) is 72.3 Å². The Labute approximate surface area is 159 Å². The highest BCUT2D eigenvalue weighted by Crippen LogP contribution is 2.17. The van der Waals surface area contributed by atoms with Crippen molar-refractivity contribution in [1.29, 1.82) is 0 Å². The lowest BCUT2D eigenvalue weighted by atomic mass is 10.1. The second-order valence-corrected chi connectivity index (χ2v) is 6.27. The molecule has 3 aromatic rings. The Morgan fingerprint density at radius 2 is 1.63 bits per heavy atom. The van der Waals surface area contributed by atoms with E-state index < -0.39 is 0 Å². The Bertz CT molecular complexity index is 903. The van der Waals surface area contributed by atoms with Crippen molar-refractivity contribution >= 4 is 12.1 Å². The molecule has 0 saturated heterocycles. The van der Waals surface area contributed by atoms with Crippen LogP contribution in [0.4, 0.5) is 0 Å². The summed E-state index contributed by atoms with van der Waals surface area (Å²) in [6.07, 6.45) is 1.90. The zero-order valence-electron chi connectivity index (χ0n) is 15.3. The van der Waals surface area contributed by atoms with Gasteiger partial charge >= 0.3 is 0 Å². The number of hydrogen-bond acceptors (Lipinski definition) is 3. The highest BCUT2D eigenvalue weighted by molar-refractivity contribution is 5.85. The first kappa shape index (κ1) is 18.4. The number of hydrazone groups is 1. The normalized spacial score (nSPS) is 10.7. The van der Waals surface area contributed by atoms with E-state index in [9.17, 15) is 4.79 Å². The molecule has 3 aromatic carbocycles. The van der Waals surface area contributed by atoms with Gasteiger partial charge in [0.1, 0.15) is 12.4 Å². The summed E-state index contributed by atoms with van der Waals surface area (Å²) in [4.78, 5) is 12.0. The minimum atomic E-state index is -0.157. The average Bonchev–Trinajstić information content (AvgIpc) is 2.69. The number of amides is 1. The monoisotopic (exact) mass is 358 g/mol. The smallest absolute Gasteiger partial charge is 0.244 e. The predicted molar refractivity (Wildman–Crippen MR) is 108 cm³/mol. The maximum Gasteiger partial charge on any atom is 0.244 e. The van der Waals surface area contributed by atoms with Crippen molar-refractivity contribution in [2.75, 3.05) is 0 Å². The molecular formula is C23H22N2O2. The topological polar surface area (TPSA) is 50.7 Å². The third-order valence-corrected chi connectivity index (χ3v) is 4.03. The molecule has 0 aliphatic rings. The molecule has 1 amide bonds. The lowest BCUT2D eigenvalue weighted by molar-refractivity contribution is -0.120. The van der Waals surface area contributed by atoms with Crippen LogP contribution in [-0.4, -0.2) is 12.1 Å². The lowest BCUT2D eigenvalue weighted by Gasteiger charge is -2.09. The molecule has 0 aliphatic heterocycles. The van der Waals surface area contributed by atoms with Gasteiger partial charge in [0.25, 0.3) is 0 Å². The van der Waals surface area contributed by atoms with Crippen LogP contribution in [-0.2, 0) is 17.8 Å². The summed E-state index contributed by atoms with van der Waals surface area (Å²) in [5, 5.41) is 4.06. The molecule has 0 spiro atoms. The Morgan fingerprint density at radius 1 is 0.926 bits per heavy atom. The second kappa shape index (κ2) is 9.34. The second-order valence-electron chi connectivity index (χ2n) is 6.27. The summed E-state index contributed by atoms with van der Waals surface area (Å²) in [5.74, 6) is 0.564. The SMILES string of the molecule is Cc1ccc(COc2ccccc2C=NNC(=O)Cc2ccccc2)cc1. The van der Waals surface area contributed by atoms with Crippen LogP contribution in [0.5, 0.6) is 5.75 Å². The van der Waals surface area contributed by atoms with E-state index in [1.165, 1.54) is 5.56 Å². The lowest BCUT2D eigenvalue weighted by Crippen LogP contribution is -2.19. The standard InChI is InChI=1S/C23H22N2O2/c1-18-11-13-20(14-12-18)17-27-22-10-6-5-9-21(22)16-24-25-23(26)15-19-7-3-2-4-8-19/h2-14,16H,15,17H2,1H3,(H,25,26). The molecule has 0 bridgehead atoms. The summed E-state index contributed by atoms with van der Waals surface area (Å²) >= 11 is 0. The molecule has 0 heterocycles. The third kappa shape index (κ3) is 5.82. The van der Waals surface area contributed by atoms with E-state index in [0.29, 0.717) is 13.0 Å². The Kier molecular flexibility index (Phi) is 6.36. The minimum absolute atomic E-state index is 0.157. The summed E-state index contributed by atoms with van der Waals surface area (Å²) < 4.78 is 5.91. The quantitative estimate of drug-likeness (QED) is 0.507. The number of carbonyl (C=O) groups is 1. The molecule has 0 radical (unpaired) electrons. The van der Waals surface area contributed by atoms with E-state index in [1.54, 1.807) is 6.21 Å². The van der Waals surface area contributed by atoms with Crippen LogP contribution in [0.25, 0.3) is 0 Å². The molecule has 0 unspecified atom stereocenters. The van der Waals surface area contributed by atoms with Gasteiger partial charge < -0.3 is 4.74 Å². The van der Waals surface area contributed by atoms with E-state index in [0.717, 1.165) is 22.4 Å². The van der Waals surface area contributed by atoms with Crippen molar-refractivity contribution < 1.29 is 9.53 Å². The van der Waals surface area contributed by atoms with Gasteiger partial charge in [-0.25, -0.2) is 5.43 Å². The number of ether oxygens (including phenoxy) is 1. The summed E-state index contributed by atoms with van der Waals surface area (Å²) in [6, 6.07) is 25.4. The van der Waals surface area contributed by atoms with E-state index in [1.807, 2.05) is 54.6 Å². The Balaban J connectivity index is 1.57. The molecule has 0 aromatic heterocycles. The first-order valence-corrected chi connectivity index (χ1v) is 8.84. The first-order valence-electron chi connectivity index (χ1n) is 8.84. The number of nitrogens with zero attached hydrogens (tertiary/aromatic N) is 1. The maximum atomic E-state index is 12.0. The molecular weight excluding hydrogens is 336 g/mol. The number of aryl methyl sites for hydroxylation is 1.